The zero-order valence-corrected chi connectivity index (χ0v) is 11.7. The van der Waals surface area contributed by atoms with Crippen LogP contribution in [0.15, 0.2) is 47.1 Å². The van der Waals surface area contributed by atoms with Crippen molar-refractivity contribution in [3.8, 4) is 5.75 Å². The van der Waals surface area contributed by atoms with Crippen molar-refractivity contribution in [1.82, 2.24) is 10.4 Å². The van der Waals surface area contributed by atoms with Crippen LogP contribution in [0.2, 0.25) is 0 Å². The van der Waals surface area contributed by atoms with Crippen LogP contribution in [0.3, 0.4) is 0 Å². The third kappa shape index (κ3) is 2.73. The maximum absolute atomic E-state index is 12.1. The van der Waals surface area contributed by atoms with Crippen LogP contribution in [-0.2, 0) is 4.79 Å². The highest BCUT2D eigenvalue weighted by molar-refractivity contribution is 8.00. The van der Waals surface area contributed by atoms with Crippen molar-refractivity contribution in [2.24, 2.45) is 0 Å². The summed E-state index contributed by atoms with van der Waals surface area (Å²) in [5.74, 6) is 0.363. The number of hydrogen-bond donors (Lipinski definition) is 2. The number of amides is 2. The summed E-state index contributed by atoms with van der Waals surface area (Å²) in [5, 5.41) is 10.1. The molecule has 1 saturated heterocycles. The van der Waals surface area contributed by atoms with Crippen LogP contribution in [0, 0.1) is 0 Å². The van der Waals surface area contributed by atoms with Crippen molar-refractivity contribution in [1.29, 1.82) is 0 Å². The van der Waals surface area contributed by atoms with E-state index in [1.54, 1.807) is 12.1 Å². The molecule has 6 nitrogen and oxygen atoms in total. The molecule has 2 heterocycles. The first-order chi connectivity index (χ1) is 10.1. The van der Waals surface area contributed by atoms with Crippen molar-refractivity contribution < 1.29 is 19.1 Å². The summed E-state index contributed by atoms with van der Waals surface area (Å²) in [4.78, 5) is 24.1. The van der Waals surface area contributed by atoms with E-state index in [9.17, 15) is 14.7 Å². The molecule has 0 unspecified atom stereocenters. The first kappa shape index (κ1) is 13.6. The van der Waals surface area contributed by atoms with E-state index in [2.05, 4.69) is 5.43 Å². The van der Waals surface area contributed by atoms with Crippen molar-refractivity contribution in [2.75, 3.05) is 5.75 Å². The Morgan fingerprint density at radius 2 is 2.10 bits per heavy atom. The fraction of sp³-hybridized carbons (Fsp3) is 0.143. The third-order valence-corrected chi connectivity index (χ3v) is 4.18. The van der Waals surface area contributed by atoms with Gasteiger partial charge in [0.05, 0.1) is 12.0 Å². The monoisotopic (exact) mass is 304 g/mol. The smallest absolute Gasteiger partial charge is 0.269 e. The van der Waals surface area contributed by atoms with Gasteiger partial charge in [0.15, 0.2) is 5.37 Å². The lowest BCUT2D eigenvalue weighted by Gasteiger charge is -2.22. The van der Waals surface area contributed by atoms with E-state index < -0.39 is 5.91 Å². The molecular formula is C14H12N2O4S. The number of benzene rings is 1. The molecule has 7 heteroatoms. The van der Waals surface area contributed by atoms with Crippen molar-refractivity contribution >= 4 is 23.6 Å². The van der Waals surface area contributed by atoms with Crippen molar-refractivity contribution in [2.45, 2.75) is 5.37 Å². The first-order valence-corrected chi connectivity index (χ1v) is 7.27. The molecule has 0 spiro atoms. The first-order valence-electron chi connectivity index (χ1n) is 6.22. The largest absolute Gasteiger partial charge is 0.508 e. The van der Waals surface area contributed by atoms with Gasteiger partial charge in [-0.1, -0.05) is 0 Å². The normalized spacial score (nSPS) is 18.0. The number of carbonyl (C=O) groups is 2. The van der Waals surface area contributed by atoms with E-state index in [1.165, 1.54) is 47.3 Å². The molecule has 2 N–H and O–H groups in total. The molecule has 0 aliphatic carbocycles. The summed E-state index contributed by atoms with van der Waals surface area (Å²) in [6.45, 7) is 0. The average molecular weight is 304 g/mol. The predicted octanol–water partition coefficient (Wildman–Crippen LogP) is 1.90. The highest BCUT2D eigenvalue weighted by Gasteiger charge is 2.36. The van der Waals surface area contributed by atoms with E-state index in [4.69, 9.17) is 4.42 Å². The molecule has 1 fully saturated rings. The lowest BCUT2D eigenvalue weighted by Crippen LogP contribution is -2.44. The number of phenolic OH excluding ortho intramolecular Hbond substituents is 1. The molecule has 1 aliphatic heterocycles. The molecule has 0 saturated carbocycles. The van der Waals surface area contributed by atoms with Gasteiger partial charge in [-0.25, -0.2) is 5.01 Å². The number of nitrogens with one attached hydrogen (secondary N) is 1. The molecule has 108 valence electrons. The van der Waals surface area contributed by atoms with Gasteiger partial charge < -0.3 is 9.52 Å². The number of hydrogen-bond acceptors (Lipinski definition) is 5. The third-order valence-electron chi connectivity index (χ3n) is 3.01. The molecule has 2 aromatic rings. The van der Waals surface area contributed by atoms with E-state index in [-0.39, 0.29) is 22.8 Å². The average Bonchev–Trinajstić information content (AvgIpc) is 3.10. The topological polar surface area (TPSA) is 82.8 Å². The Balaban J connectivity index is 1.77. The Labute approximate surface area is 124 Å². The Hall–Kier alpha value is -2.41. The molecule has 1 aliphatic rings. The van der Waals surface area contributed by atoms with Crippen LogP contribution in [0.25, 0.3) is 0 Å². The molecule has 3 rings (SSSR count). The number of nitrogens with zero attached hydrogens (tertiary/aromatic N) is 1. The van der Waals surface area contributed by atoms with Gasteiger partial charge in [-0.15, -0.1) is 11.8 Å². The molecule has 1 aromatic heterocycles. The van der Waals surface area contributed by atoms with E-state index in [1.807, 2.05) is 0 Å². The minimum Gasteiger partial charge on any atom is -0.508 e. The van der Waals surface area contributed by atoms with Crippen LogP contribution in [0.4, 0.5) is 0 Å². The maximum Gasteiger partial charge on any atom is 0.269 e. The summed E-state index contributed by atoms with van der Waals surface area (Å²) in [6.07, 6.45) is 1.53. The fourth-order valence-electron chi connectivity index (χ4n) is 1.97. The Morgan fingerprint density at radius 1 is 1.33 bits per heavy atom. The van der Waals surface area contributed by atoms with Crippen LogP contribution in [-0.4, -0.2) is 27.7 Å². The highest BCUT2D eigenvalue weighted by atomic mass is 32.2. The zero-order valence-electron chi connectivity index (χ0n) is 10.9. The lowest BCUT2D eigenvalue weighted by molar-refractivity contribution is -0.130. The Kier molecular flexibility index (Phi) is 3.57. The van der Waals surface area contributed by atoms with Gasteiger partial charge in [0.25, 0.3) is 11.8 Å². The van der Waals surface area contributed by atoms with Gasteiger partial charge in [-0.3, -0.25) is 15.0 Å². The van der Waals surface area contributed by atoms with Crippen LogP contribution >= 0.6 is 11.8 Å². The van der Waals surface area contributed by atoms with Gasteiger partial charge in [0.2, 0.25) is 0 Å². The number of thioether (sulfide) groups is 1. The van der Waals surface area contributed by atoms with Gasteiger partial charge in [0.1, 0.15) is 11.5 Å². The Bertz CT molecular complexity index is 654. The van der Waals surface area contributed by atoms with Crippen LogP contribution < -0.4 is 5.43 Å². The quantitative estimate of drug-likeness (QED) is 0.905. The molecule has 21 heavy (non-hydrogen) atoms. The lowest BCUT2D eigenvalue weighted by atomic mass is 10.2. The number of furan rings is 1. The van der Waals surface area contributed by atoms with Gasteiger partial charge in [-0.2, -0.15) is 0 Å². The molecular weight excluding hydrogens is 292 g/mol. The number of rotatable bonds is 3. The van der Waals surface area contributed by atoms with Crippen LogP contribution in [0.5, 0.6) is 5.75 Å². The molecule has 0 radical (unpaired) electrons. The maximum atomic E-state index is 12.1. The zero-order chi connectivity index (χ0) is 14.8. The summed E-state index contributed by atoms with van der Waals surface area (Å²) < 4.78 is 5.30. The summed E-state index contributed by atoms with van der Waals surface area (Å²) >= 11 is 1.38. The van der Waals surface area contributed by atoms with E-state index >= 15 is 0 Å². The molecule has 2 amide bonds. The van der Waals surface area contributed by atoms with E-state index in [0.717, 1.165) is 0 Å². The SMILES string of the molecule is O=C(NN1C(=O)CS[C@@H]1c1ccco1)c1ccc(O)cc1. The summed E-state index contributed by atoms with van der Waals surface area (Å²) in [5.41, 5.74) is 2.94. The van der Waals surface area contributed by atoms with E-state index in [0.29, 0.717) is 11.3 Å². The van der Waals surface area contributed by atoms with Crippen LogP contribution in [0.1, 0.15) is 21.5 Å². The Morgan fingerprint density at radius 3 is 2.76 bits per heavy atom. The second kappa shape index (κ2) is 5.53. The standard InChI is InChI=1S/C14H12N2O4S/c17-10-5-3-9(4-6-10)13(19)15-16-12(18)8-21-14(16)11-2-1-7-20-11/h1-7,14,17H,8H2,(H,15,19)/t14-/m1/s1. The minimum absolute atomic E-state index is 0.0767. The van der Waals surface area contributed by atoms with Gasteiger partial charge in [0, 0.05) is 5.56 Å². The summed E-state index contributed by atoms with van der Waals surface area (Å²) in [6, 6.07) is 9.30. The molecule has 0 bridgehead atoms. The second-order valence-electron chi connectivity index (χ2n) is 4.43. The number of hydrazine groups is 1. The van der Waals surface area contributed by atoms with Crippen molar-refractivity contribution in [3.63, 3.8) is 0 Å². The number of carbonyl (C=O) groups excluding carboxylic acids is 2. The molecule has 1 atom stereocenters. The number of phenols is 1. The minimum atomic E-state index is -0.414. The second-order valence-corrected chi connectivity index (χ2v) is 5.50. The van der Waals surface area contributed by atoms with Crippen molar-refractivity contribution in [3.05, 3.63) is 54.0 Å². The molecule has 1 aromatic carbocycles. The highest BCUT2D eigenvalue weighted by Crippen LogP contribution is 2.37. The van der Waals surface area contributed by atoms with Gasteiger partial charge in [-0.05, 0) is 36.4 Å². The fourth-order valence-corrected chi connectivity index (χ4v) is 3.03. The summed E-state index contributed by atoms with van der Waals surface area (Å²) in [7, 11) is 0. The van der Waals surface area contributed by atoms with Gasteiger partial charge >= 0.3 is 0 Å². The predicted molar refractivity (Wildman–Crippen MR) is 76.3 cm³/mol. The number of aromatic hydroxyl groups is 1.